The number of nitrogens with zero attached hydrogens (tertiary/aromatic N) is 1. The van der Waals surface area contributed by atoms with Gasteiger partial charge in [0.25, 0.3) is 5.91 Å². The molecule has 22 heavy (non-hydrogen) atoms. The summed E-state index contributed by atoms with van der Waals surface area (Å²) in [7, 11) is 0. The zero-order valence-corrected chi connectivity index (χ0v) is 14.1. The molecule has 0 saturated heterocycles. The van der Waals surface area contributed by atoms with Crippen LogP contribution in [0.25, 0.3) is 0 Å². The average Bonchev–Trinajstić information content (AvgIpc) is 2.46. The highest BCUT2D eigenvalue weighted by molar-refractivity contribution is 9.10. The van der Waals surface area contributed by atoms with Crippen LogP contribution in [0.3, 0.4) is 0 Å². The van der Waals surface area contributed by atoms with Crippen molar-refractivity contribution in [2.75, 3.05) is 6.61 Å². The number of hydrogen-bond acceptors (Lipinski definition) is 3. The maximum Gasteiger partial charge on any atom is 0.277 e. The van der Waals surface area contributed by atoms with E-state index in [1.165, 1.54) is 0 Å². The molecule has 0 fully saturated rings. The summed E-state index contributed by atoms with van der Waals surface area (Å²) in [5.41, 5.74) is 5.53. The molecule has 0 bridgehead atoms. The van der Waals surface area contributed by atoms with Crippen LogP contribution >= 0.6 is 15.9 Å². The molecular weight excluding hydrogens is 344 g/mol. The number of hydrazone groups is 1. The highest BCUT2D eigenvalue weighted by Gasteiger charge is 2.02. The Bertz CT molecular complexity index is 679. The number of hydrogen-bond donors (Lipinski definition) is 1. The molecule has 0 heterocycles. The summed E-state index contributed by atoms with van der Waals surface area (Å²) in [5.74, 6) is 0.380. The van der Waals surface area contributed by atoms with Gasteiger partial charge in [-0.1, -0.05) is 40.2 Å². The molecule has 0 aromatic heterocycles. The predicted octanol–water partition coefficient (Wildman–Crippen LogP) is 3.60. The van der Waals surface area contributed by atoms with Crippen LogP contribution in [0.4, 0.5) is 0 Å². The number of benzene rings is 2. The molecule has 5 heteroatoms. The van der Waals surface area contributed by atoms with Crippen LogP contribution in [0.1, 0.15) is 16.7 Å². The van der Waals surface area contributed by atoms with Crippen molar-refractivity contribution >= 4 is 28.1 Å². The molecule has 0 spiro atoms. The average molecular weight is 361 g/mol. The van der Waals surface area contributed by atoms with Crippen molar-refractivity contribution in [1.29, 1.82) is 0 Å². The summed E-state index contributed by atoms with van der Waals surface area (Å²) >= 11 is 3.41. The Morgan fingerprint density at radius 2 is 1.91 bits per heavy atom. The van der Waals surface area contributed by atoms with E-state index >= 15 is 0 Å². The highest BCUT2D eigenvalue weighted by atomic mass is 79.9. The molecule has 2 rings (SSSR count). The lowest BCUT2D eigenvalue weighted by atomic mass is 10.1. The molecule has 0 radical (unpaired) electrons. The lowest BCUT2D eigenvalue weighted by Gasteiger charge is -2.07. The van der Waals surface area contributed by atoms with E-state index in [-0.39, 0.29) is 12.5 Å². The van der Waals surface area contributed by atoms with Gasteiger partial charge in [-0.25, -0.2) is 5.43 Å². The van der Waals surface area contributed by atoms with Crippen molar-refractivity contribution in [3.63, 3.8) is 0 Å². The second kappa shape index (κ2) is 7.75. The topological polar surface area (TPSA) is 50.7 Å². The fraction of sp³-hybridized carbons (Fsp3) is 0.176. The number of halogens is 1. The third kappa shape index (κ3) is 5.00. The fourth-order valence-corrected chi connectivity index (χ4v) is 2.34. The third-order valence-corrected chi connectivity index (χ3v) is 3.59. The summed E-state index contributed by atoms with van der Waals surface area (Å²) in [6.45, 7) is 3.90. The van der Waals surface area contributed by atoms with Gasteiger partial charge < -0.3 is 4.74 Å². The van der Waals surface area contributed by atoms with Crippen LogP contribution in [-0.2, 0) is 4.79 Å². The van der Waals surface area contributed by atoms with E-state index < -0.39 is 0 Å². The minimum Gasteiger partial charge on any atom is -0.484 e. The maximum absolute atomic E-state index is 11.7. The second-order valence-electron chi connectivity index (χ2n) is 4.93. The largest absolute Gasteiger partial charge is 0.484 e. The van der Waals surface area contributed by atoms with E-state index in [1.54, 1.807) is 6.21 Å². The van der Waals surface area contributed by atoms with E-state index in [0.717, 1.165) is 21.2 Å². The molecule has 0 aliphatic rings. The molecule has 0 unspecified atom stereocenters. The summed E-state index contributed by atoms with van der Waals surface area (Å²) in [6, 6.07) is 13.5. The number of carbonyl (C=O) groups excluding carboxylic acids is 1. The molecule has 2 aromatic rings. The predicted molar refractivity (Wildman–Crippen MR) is 91.3 cm³/mol. The third-order valence-electron chi connectivity index (χ3n) is 2.86. The van der Waals surface area contributed by atoms with Gasteiger partial charge in [0, 0.05) is 10.0 Å². The monoisotopic (exact) mass is 360 g/mol. The molecular formula is C17H17BrN2O2. The molecule has 1 N–H and O–H groups in total. The van der Waals surface area contributed by atoms with Gasteiger partial charge in [0.15, 0.2) is 6.61 Å². The Kier molecular flexibility index (Phi) is 5.72. The Labute approximate surface area is 138 Å². The molecule has 0 saturated carbocycles. The van der Waals surface area contributed by atoms with Gasteiger partial charge in [0.2, 0.25) is 0 Å². The van der Waals surface area contributed by atoms with Crippen molar-refractivity contribution in [3.05, 3.63) is 63.6 Å². The van der Waals surface area contributed by atoms with Gasteiger partial charge in [-0.05, 0) is 43.2 Å². The van der Waals surface area contributed by atoms with Crippen LogP contribution in [0.2, 0.25) is 0 Å². The molecule has 0 aliphatic carbocycles. The lowest BCUT2D eigenvalue weighted by Crippen LogP contribution is -2.24. The second-order valence-corrected chi connectivity index (χ2v) is 5.78. The van der Waals surface area contributed by atoms with Gasteiger partial charge in [0.05, 0.1) is 6.21 Å². The normalized spacial score (nSPS) is 10.7. The zero-order chi connectivity index (χ0) is 15.9. The summed E-state index contributed by atoms with van der Waals surface area (Å²) in [6.07, 6.45) is 1.58. The number of ether oxygens (including phenoxy) is 1. The van der Waals surface area contributed by atoms with Crippen molar-refractivity contribution in [1.82, 2.24) is 5.43 Å². The Hall–Kier alpha value is -2.14. The molecule has 114 valence electrons. The van der Waals surface area contributed by atoms with Crippen molar-refractivity contribution in [3.8, 4) is 5.75 Å². The van der Waals surface area contributed by atoms with Crippen LogP contribution in [0, 0.1) is 13.8 Å². The fourth-order valence-electron chi connectivity index (χ4n) is 1.95. The summed E-state index contributed by atoms with van der Waals surface area (Å²) in [5, 5.41) is 3.92. The summed E-state index contributed by atoms with van der Waals surface area (Å²) in [4.78, 5) is 11.7. The van der Waals surface area contributed by atoms with Crippen LogP contribution in [0.5, 0.6) is 5.75 Å². The summed E-state index contributed by atoms with van der Waals surface area (Å²) < 4.78 is 6.38. The molecule has 4 nitrogen and oxygen atoms in total. The van der Waals surface area contributed by atoms with Crippen molar-refractivity contribution in [2.24, 2.45) is 5.10 Å². The molecule has 1 amide bonds. The van der Waals surface area contributed by atoms with E-state index in [9.17, 15) is 4.79 Å². The van der Waals surface area contributed by atoms with E-state index in [4.69, 9.17) is 4.74 Å². The first-order valence-electron chi connectivity index (χ1n) is 6.82. The first kappa shape index (κ1) is 16.2. The van der Waals surface area contributed by atoms with E-state index in [0.29, 0.717) is 5.75 Å². The smallest absolute Gasteiger partial charge is 0.277 e. The molecule has 2 aromatic carbocycles. The minimum absolute atomic E-state index is 0.0732. The van der Waals surface area contributed by atoms with Crippen LogP contribution in [-0.4, -0.2) is 18.7 Å². The quantitative estimate of drug-likeness (QED) is 0.654. The SMILES string of the molecule is Cc1cc(C)cc(OCC(=O)N/N=C\c2ccccc2Br)c1. The lowest BCUT2D eigenvalue weighted by molar-refractivity contribution is -0.123. The molecule has 0 atom stereocenters. The first-order chi connectivity index (χ1) is 10.5. The number of rotatable bonds is 5. The number of carbonyl (C=O) groups is 1. The number of aryl methyl sites for hydroxylation is 2. The minimum atomic E-state index is -0.303. The van der Waals surface area contributed by atoms with E-state index in [1.807, 2.05) is 50.2 Å². The number of nitrogens with one attached hydrogen (secondary N) is 1. The Morgan fingerprint density at radius 3 is 2.59 bits per heavy atom. The Morgan fingerprint density at radius 1 is 1.23 bits per heavy atom. The maximum atomic E-state index is 11.7. The van der Waals surface area contributed by atoms with Gasteiger partial charge in [-0.2, -0.15) is 5.10 Å². The zero-order valence-electron chi connectivity index (χ0n) is 12.5. The van der Waals surface area contributed by atoms with Crippen molar-refractivity contribution < 1.29 is 9.53 Å². The van der Waals surface area contributed by atoms with E-state index in [2.05, 4.69) is 32.5 Å². The molecule has 0 aliphatic heterocycles. The van der Waals surface area contributed by atoms with Gasteiger partial charge in [-0.15, -0.1) is 0 Å². The van der Waals surface area contributed by atoms with Gasteiger partial charge in [0.1, 0.15) is 5.75 Å². The standard InChI is InChI=1S/C17H17BrN2O2/c1-12-7-13(2)9-15(8-12)22-11-17(21)20-19-10-14-5-3-4-6-16(14)18/h3-10H,11H2,1-2H3,(H,20,21)/b19-10-. The van der Waals surface area contributed by atoms with Crippen LogP contribution in [0.15, 0.2) is 52.0 Å². The van der Waals surface area contributed by atoms with Gasteiger partial charge >= 0.3 is 0 Å². The Balaban J connectivity index is 1.84. The first-order valence-corrected chi connectivity index (χ1v) is 7.61. The van der Waals surface area contributed by atoms with Gasteiger partial charge in [-0.3, -0.25) is 4.79 Å². The highest BCUT2D eigenvalue weighted by Crippen LogP contribution is 2.16. The van der Waals surface area contributed by atoms with Crippen LogP contribution < -0.4 is 10.2 Å². The number of amides is 1. The van der Waals surface area contributed by atoms with Crippen molar-refractivity contribution in [2.45, 2.75) is 13.8 Å².